The number of nitrogens with one attached hydrogen (secondary N) is 1. The number of hydrogen-bond acceptors (Lipinski definition) is 4. The lowest BCUT2D eigenvalue weighted by Crippen LogP contribution is -2.29. The van der Waals surface area contributed by atoms with Gasteiger partial charge in [-0.1, -0.05) is 30.3 Å². The number of benzene rings is 1. The summed E-state index contributed by atoms with van der Waals surface area (Å²) in [5.74, 6) is 0.150. The van der Waals surface area contributed by atoms with E-state index in [1.54, 1.807) is 19.2 Å². The van der Waals surface area contributed by atoms with Crippen LogP contribution in [0.3, 0.4) is 0 Å². The largest absolute Gasteiger partial charge is 0.463 e. The first-order valence-corrected chi connectivity index (χ1v) is 7.08. The fourth-order valence-corrected chi connectivity index (χ4v) is 2.26. The van der Waals surface area contributed by atoms with E-state index < -0.39 is 5.69 Å². The van der Waals surface area contributed by atoms with Gasteiger partial charge in [-0.15, -0.1) is 0 Å². The summed E-state index contributed by atoms with van der Waals surface area (Å²) in [6, 6.07) is 14.5. The van der Waals surface area contributed by atoms with Gasteiger partial charge in [0.2, 0.25) is 0 Å². The second-order valence-electron chi connectivity index (χ2n) is 5.11. The minimum absolute atomic E-state index is 0.0820. The van der Waals surface area contributed by atoms with Crippen LogP contribution in [0.1, 0.15) is 16.1 Å². The lowest BCUT2D eigenvalue weighted by molar-refractivity contribution is 0.0779. The number of aromatic nitrogens is 2. The first-order chi connectivity index (χ1) is 11.1. The molecule has 0 spiro atoms. The maximum absolute atomic E-state index is 12.5. The number of aromatic amines is 1. The van der Waals surface area contributed by atoms with Crippen molar-refractivity contribution in [2.24, 2.45) is 0 Å². The minimum Gasteiger partial charge on any atom is -0.463 e. The molecule has 0 saturated heterocycles. The highest BCUT2D eigenvalue weighted by Crippen LogP contribution is 2.17. The van der Waals surface area contributed by atoms with Gasteiger partial charge in [-0.05, 0) is 23.8 Å². The predicted octanol–water partition coefficient (Wildman–Crippen LogP) is 2.30. The van der Waals surface area contributed by atoms with Crippen LogP contribution in [0.15, 0.2) is 64.0 Å². The lowest BCUT2D eigenvalue weighted by atomic mass is 10.2. The van der Waals surface area contributed by atoms with Crippen LogP contribution in [0.25, 0.3) is 11.5 Å². The molecule has 1 aromatic carbocycles. The summed E-state index contributed by atoms with van der Waals surface area (Å²) in [5.41, 5.74) is 0.917. The van der Waals surface area contributed by atoms with E-state index in [1.807, 2.05) is 30.3 Å². The lowest BCUT2D eigenvalue weighted by Gasteiger charge is -2.16. The smallest absolute Gasteiger partial charge is 0.346 e. The summed E-state index contributed by atoms with van der Waals surface area (Å²) in [6.45, 7) is 0.435. The second-order valence-corrected chi connectivity index (χ2v) is 5.11. The number of rotatable bonds is 4. The molecule has 0 aliphatic carbocycles. The monoisotopic (exact) mass is 309 g/mol. The van der Waals surface area contributed by atoms with Crippen LogP contribution >= 0.6 is 0 Å². The fourth-order valence-electron chi connectivity index (χ4n) is 2.26. The van der Waals surface area contributed by atoms with Crippen molar-refractivity contribution in [2.75, 3.05) is 7.05 Å². The predicted molar refractivity (Wildman–Crippen MR) is 84.8 cm³/mol. The van der Waals surface area contributed by atoms with E-state index in [4.69, 9.17) is 4.42 Å². The van der Waals surface area contributed by atoms with Gasteiger partial charge in [-0.3, -0.25) is 4.79 Å². The minimum atomic E-state index is -0.588. The zero-order chi connectivity index (χ0) is 16.2. The van der Waals surface area contributed by atoms with Crippen molar-refractivity contribution in [3.63, 3.8) is 0 Å². The first-order valence-electron chi connectivity index (χ1n) is 7.08. The maximum Gasteiger partial charge on any atom is 0.346 e. The number of nitrogens with zero attached hydrogens (tertiary/aromatic N) is 2. The molecular formula is C17H15N3O3. The van der Waals surface area contributed by atoms with Crippen molar-refractivity contribution >= 4 is 5.91 Å². The second kappa shape index (κ2) is 6.31. The average molecular weight is 309 g/mol. The van der Waals surface area contributed by atoms with Crippen LogP contribution in [0.4, 0.5) is 0 Å². The molecule has 116 valence electrons. The van der Waals surface area contributed by atoms with Gasteiger partial charge in [0.25, 0.3) is 5.91 Å². The van der Waals surface area contributed by atoms with Gasteiger partial charge in [0.1, 0.15) is 11.5 Å². The average Bonchev–Trinajstić information content (AvgIpc) is 3.09. The fraction of sp³-hybridized carbons (Fsp3) is 0.118. The summed E-state index contributed by atoms with van der Waals surface area (Å²) in [6.07, 6.45) is 1.50. The Morgan fingerprint density at radius 1 is 1.22 bits per heavy atom. The van der Waals surface area contributed by atoms with E-state index in [-0.39, 0.29) is 11.6 Å². The Hall–Kier alpha value is -3.15. The third-order valence-electron chi connectivity index (χ3n) is 3.36. The molecule has 0 atom stereocenters. The van der Waals surface area contributed by atoms with Gasteiger partial charge in [-0.25, -0.2) is 4.79 Å². The highest BCUT2D eigenvalue weighted by Gasteiger charge is 2.16. The van der Waals surface area contributed by atoms with Crippen LogP contribution in [0.2, 0.25) is 0 Å². The van der Waals surface area contributed by atoms with E-state index in [1.165, 1.54) is 17.2 Å². The van der Waals surface area contributed by atoms with Crippen LogP contribution in [-0.2, 0) is 6.54 Å². The van der Waals surface area contributed by atoms with E-state index in [0.29, 0.717) is 18.0 Å². The molecule has 6 nitrogen and oxygen atoms in total. The Labute approximate surface area is 132 Å². The Kier molecular flexibility index (Phi) is 4.05. The molecule has 0 radical (unpaired) electrons. The van der Waals surface area contributed by atoms with Gasteiger partial charge in [0.15, 0.2) is 0 Å². The number of H-pyrrole nitrogens is 1. The van der Waals surface area contributed by atoms with Gasteiger partial charge in [0, 0.05) is 13.6 Å². The van der Waals surface area contributed by atoms with Crippen LogP contribution < -0.4 is 5.69 Å². The normalized spacial score (nSPS) is 10.5. The van der Waals surface area contributed by atoms with Crippen molar-refractivity contribution in [1.29, 1.82) is 0 Å². The molecular weight excluding hydrogens is 294 g/mol. The molecule has 2 aromatic heterocycles. The molecule has 1 amide bonds. The summed E-state index contributed by atoms with van der Waals surface area (Å²) >= 11 is 0. The molecule has 2 heterocycles. The summed E-state index contributed by atoms with van der Waals surface area (Å²) in [5, 5.41) is 0. The molecule has 0 saturated carbocycles. The zero-order valence-electron chi connectivity index (χ0n) is 12.5. The van der Waals surface area contributed by atoms with Gasteiger partial charge in [-0.2, -0.15) is 4.98 Å². The van der Waals surface area contributed by atoms with E-state index in [2.05, 4.69) is 9.97 Å². The molecule has 0 unspecified atom stereocenters. The van der Waals surface area contributed by atoms with E-state index >= 15 is 0 Å². The van der Waals surface area contributed by atoms with Gasteiger partial charge in [0.05, 0.1) is 12.0 Å². The number of hydrogen-bond donors (Lipinski definition) is 1. The zero-order valence-corrected chi connectivity index (χ0v) is 12.5. The molecule has 6 heteroatoms. The van der Waals surface area contributed by atoms with Crippen molar-refractivity contribution in [2.45, 2.75) is 6.54 Å². The molecule has 3 aromatic rings. The molecule has 3 rings (SSSR count). The summed E-state index contributed by atoms with van der Waals surface area (Å²) < 4.78 is 5.24. The standard InChI is InChI=1S/C17H15N3O3/c1-20(11-12-6-3-2-4-7-12)16(21)14-10-13(18-17(22)19-14)15-8-5-9-23-15/h2-10H,11H2,1H3,(H,18,19,22). The highest BCUT2D eigenvalue weighted by molar-refractivity contribution is 5.92. The molecule has 1 N–H and O–H groups in total. The summed E-state index contributed by atoms with van der Waals surface area (Å²) in [7, 11) is 1.67. The molecule has 0 fully saturated rings. The molecule has 0 bridgehead atoms. The number of carbonyl (C=O) groups is 1. The van der Waals surface area contributed by atoms with Crippen molar-refractivity contribution in [3.8, 4) is 11.5 Å². The van der Waals surface area contributed by atoms with Crippen LogP contribution in [0.5, 0.6) is 0 Å². The quantitative estimate of drug-likeness (QED) is 0.802. The van der Waals surface area contributed by atoms with Crippen molar-refractivity contribution in [1.82, 2.24) is 14.9 Å². The molecule has 0 aliphatic rings. The van der Waals surface area contributed by atoms with Crippen LogP contribution in [-0.4, -0.2) is 27.8 Å². The van der Waals surface area contributed by atoms with Crippen LogP contribution in [0, 0.1) is 0 Å². The Balaban J connectivity index is 1.86. The Morgan fingerprint density at radius 3 is 2.70 bits per heavy atom. The van der Waals surface area contributed by atoms with Gasteiger partial charge < -0.3 is 14.3 Å². The molecule has 23 heavy (non-hydrogen) atoms. The first kappa shape index (κ1) is 14.8. The maximum atomic E-state index is 12.5. The van der Waals surface area contributed by atoms with Crippen molar-refractivity contribution in [3.05, 3.63) is 76.5 Å². The molecule has 0 aliphatic heterocycles. The Morgan fingerprint density at radius 2 is 2.00 bits per heavy atom. The van der Waals surface area contributed by atoms with E-state index in [0.717, 1.165) is 5.56 Å². The number of carbonyl (C=O) groups excluding carboxylic acids is 1. The number of amides is 1. The Bertz CT molecular complexity index is 854. The highest BCUT2D eigenvalue weighted by atomic mass is 16.3. The van der Waals surface area contributed by atoms with Gasteiger partial charge >= 0.3 is 5.69 Å². The van der Waals surface area contributed by atoms with Crippen molar-refractivity contribution < 1.29 is 9.21 Å². The topological polar surface area (TPSA) is 79.2 Å². The summed E-state index contributed by atoms with van der Waals surface area (Å²) in [4.78, 5) is 32.1. The number of furan rings is 1. The third-order valence-corrected chi connectivity index (χ3v) is 3.36. The SMILES string of the molecule is CN(Cc1ccccc1)C(=O)c1cc(-c2ccco2)[nH]c(=O)n1. The third kappa shape index (κ3) is 3.37. The van der Waals surface area contributed by atoms with E-state index in [9.17, 15) is 9.59 Å².